The lowest BCUT2D eigenvalue weighted by Crippen LogP contribution is -2.23. The van der Waals surface area contributed by atoms with Gasteiger partial charge in [-0.1, -0.05) is 12.1 Å². The normalized spacial score (nSPS) is 11.6. The molecule has 1 aromatic heterocycles. The number of rotatable bonds is 5. The van der Waals surface area contributed by atoms with Crippen molar-refractivity contribution in [1.82, 2.24) is 14.5 Å². The molecule has 0 atom stereocenters. The molecule has 0 unspecified atom stereocenters. The van der Waals surface area contributed by atoms with E-state index in [1.165, 1.54) is 31.4 Å². The zero-order valence-corrected chi connectivity index (χ0v) is 14.6. The van der Waals surface area contributed by atoms with E-state index < -0.39 is 16.0 Å². The molecule has 0 saturated carbocycles. The number of esters is 1. The van der Waals surface area contributed by atoms with Crippen LogP contribution in [0.25, 0.3) is 10.9 Å². The maximum Gasteiger partial charge on any atom is 0.337 e. The molecule has 3 rings (SSSR count). The minimum Gasteiger partial charge on any atom is -0.465 e. The standard InChI is InChI=1S/C17H17N3O4S/c1-20-11-14-4-3-12(9-16(14)19-20)10-18-25(22,23)15-7-5-13(6-8-15)17(21)24-2/h3-9,11,18H,10H2,1-2H3. The van der Waals surface area contributed by atoms with Gasteiger partial charge >= 0.3 is 5.97 Å². The Morgan fingerprint density at radius 2 is 1.92 bits per heavy atom. The van der Waals surface area contributed by atoms with Gasteiger partial charge in [0.25, 0.3) is 0 Å². The summed E-state index contributed by atoms with van der Waals surface area (Å²) in [5.74, 6) is -0.513. The number of fused-ring (bicyclic) bond motifs is 1. The van der Waals surface area contributed by atoms with Crippen molar-refractivity contribution in [3.05, 3.63) is 59.8 Å². The molecule has 3 aromatic rings. The van der Waals surface area contributed by atoms with Crippen molar-refractivity contribution in [3.63, 3.8) is 0 Å². The van der Waals surface area contributed by atoms with Crippen LogP contribution in [0.15, 0.2) is 53.6 Å². The highest BCUT2D eigenvalue weighted by molar-refractivity contribution is 7.89. The molecule has 0 aliphatic rings. The predicted octanol–water partition coefficient (Wildman–Crippen LogP) is 1.84. The first-order chi connectivity index (χ1) is 11.9. The number of nitrogens with zero attached hydrogens (tertiary/aromatic N) is 2. The van der Waals surface area contributed by atoms with Crippen LogP contribution < -0.4 is 4.72 Å². The zero-order valence-electron chi connectivity index (χ0n) is 13.8. The van der Waals surface area contributed by atoms with Gasteiger partial charge in [-0.15, -0.1) is 0 Å². The number of ether oxygens (including phenoxy) is 1. The van der Waals surface area contributed by atoms with E-state index in [2.05, 4.69) is 14.6 Å². The fourth-order valence-electron chi connectivity index (χ4n) is 2.44. The summed E-state index contributed by atoms with van der Waals surface area (Å²) in [5.41, 5.74) is 1.91. The largest absolute Gasteiger partial charge is 0.465 e. The molecule has 8 heteroatoms. The SMILES string of the molecule is COC(=O)c1ccc(S(=O)(=O)NCc2ccc3cn(C)nc3c2)cc1. The van der Waals surface area contributed by atoms with Crippen molar-refractivity contribution in [2.24, 2.45) is 7.05 Å². The van der Waals surface area contributed by atoms with Crippen molar-refractivity contribution in [1.29, 1.82) is 0 Å². The van der Waals surface area contributed by atoms with Crippen LogP contribution in [0.3, 0.4) is 0 Å². The average molecular weight is 359 g/mol. The van der Waals surface area contributed by atoms with Gasteiger partial charge in [0, 0.05) is 25.2 Å². The average Bonchev–Trinajstić information content (AvgIpc) is 2.98. The van der Waals surface area contributed by atoms with E-state index in [9.17, 15) is 13.2 Å². The maximum atomic E-state index is 12.4. The Labute approximate surface area is 145 Å². The van der Waals surface area contributed by atoms with Crippen LogP contribution in [0.5, 0.6) is 0 Å². The van der Waals surface area contributed by atoms with Crippen molar-refractivity contribution in [2.75, 3.05) is 7.11 Å². The van der Waals surface area contributed by atoms with Gasteiger partial charge in [0.05, 0.1) is 23.1 Å². The Balaban J connectivity index is 1.75. The Kier molecular flexibility index (Phi) is 4.56. The molecule has 0 spiro atoms. The van der Waals surface area contributed by atoms with Crippen LogP contribution >= 0.6 is 0 Å². The lowest BCUT2D eigenvalue weighted by Gasteiger charge is -2.07. The van der Waals surface area contributed by atoms with E-state index in [0.717, 1.165) is 16.5 Å². The molecule has 130 valence electrons. The summed E-state index contributed by atoms with van der Waals surface area (Å²) in [6.07, 6.45) is 1.89. The highest BCUT2D eigenvalue weighted by Crippen LogP contribution is 2.15. The molecule has 25 heavy (non-hydrogen) atoms. The first-order valence-electron chi connectivity index (χ1n) is 7.49. The van der Waals surface area contributed by atoms with Gasteiger partial charge in [-0.2, -0.15) is 5.10 Å². The van der Waals surface area contributed by atoms with Crippen molar-refractivity contribution >= 4 is 26.9 Å². The summed E-state index contributed by atoms with van der Waals surface area (Å²) in [6, 6.07) is 11.2. The van der Waals surface area contributed by atoms with Gasteiger partial charge in [-0.05, 0) is 35.9 Å². The molecule has 0 saturated heterocycles. The number of methoxy groups -OCH3 is 1. The van der Waals surface area contributed by atoms with Crippen molar-refractivity contribution in [2.45, 2.75) is 11.4 Å². The van der Waals surface area contributed by atoms with Gasteiger partial charge in [0.2, 0.25) is 10.0 Å². The number of carbonyl (C=O) groups excluding carboxylic acids is 1. The van der Waals surface area contributed by atoms with Crippen LogP contribution in [-0.4, -0.2) is 31.3 Å². The quantitative estimate of drug-likeness (QED) is 0.702. The minimum absolute atomic E-state index is 0.0825. The van der Waals surface area contributed by atoms with Gasteiger partial charge in [0.15, 0.2) is 0 Å². The number of carbonyl (C=O) groups is 1. The molecule has 2 aromatic carbocycles. The minimum atomic E-state index is -3.68. The van der Waals surface area contributed by atoms with Crippen LogP contribution in [0.4, 0.5) is 0 Å². The fraction of sp³-hybridized carbons (Fsp3) is 0.176. The van der Waals surface area contributed by atoms with Gasteiger partial charge in [-0.3, -0.25) is 4.68 Å². The van der Waals surface area contributed by atoms with Gasteiger partial charge in [-0.25, -0.2) is 17.9 Å². The summed E-state index contributed by atoms with van der Waals surface area (Å²) in [6.45, 7) is 0.146. The molecule has 1 N–H and O–H groups in total. The third-order valence-electron chi connectivity index (χ3n) is 3.74. The summed E-state index contributed by atoms with van der Waals surface area (Å²) >= 11 is 0. The van der Waals surface area contributed by atoms with Crippen LogP contribution in [0.1, 0.15) is 15.9 Å². The highest BCUT2D eigenvalue weighted by Gasteiger charge is 2.15. The van der Waals surface area contributed by atoms with Crippen LogP contribution in [0, 0.1) is 0 Å². The second-order valence-electron chi connectivity index (χ2n) is 5.54. The predicted molar refractivity (Wildman–Crippen MR) is 92.5 cm³/mol. The first-order valence-corrected chi connectivity index (χ1v) is 8.98. The fourth-order valence-corrected chi connectivity index (χ4v) is 3.46. The van der Waals surface area contributed by atoms with Crippen LogP contribution in [-0.2, 0) is 28.4 Å². The summed E-state index contributed by atoms with van der Waals surface area (Å²) < 4.78 is 33.6. The smallest absolute Gasteiger partial charge is 0.337 e. The number of hydrogen-bond acceptors (Lipinski definition) is 5. The molecular formula is C17H17N3O4S. The monoisotopic (exact) mass is 359 g/mol. The van der Waals surface area contributed by atoms with E-state index in [-0.39, 0.29) is 11.4 Å². The third kappa shape index (κ3) is 3.70. The lowest BCUT2D eigenvalue weighted by molar-refractivity contribution is 0.0600. The second-order valence-corrected chi connectivity index (χ2v) is 7.30. The molecule has 0 aliphatic heterocycles. The van der Waals surface area contributed by atoms with E-state index in [1.54, 1.807) is 4.68 Å². The lowest BCUT2D eigenvalue weighted by atomic mass is 10.2. The summed E-state index contributed by atoms with van der Waals surface area (Å²) in [7, 11) is -0.579. The molecule has 0 bridgehead atoms. The van der Waals surface area contributed by atoms with Crippen LogP contribution in [0.2, 0.25) is 0 Å². The molecule has 0 radical (unpaired) electrons. The Bertz CT molecular complexity index is 1020. The molecule has 1 heterocycles. The summed E-state index contributed by atoms with van der Waals surface area (Å²) in [5, 5.41) is 5.30. The van der Waals surface area contributed by atoms with Crippen molar-refractivity contribution < 1.29 is 17.9 Å². The van der Waals surface area contributed by atoms with Gasteiger partial charge < -0.3 is 4.74 Å². The number of benzene rings is 2. The number of nitrogens with one attached hydrogen (secondary N) is 1. The molecule has 7 nitrogen and oxygen atoms in total. The number of sulfonamides is 1. The van der Waals surface area contributed by atoms with E-state index >= 15 is 0 Å². The second kappa shape index (κ2) is 6.66. The summed E-state index contributed by atoms with van der Waals surface area (Å²) in [4.78, 5) is 11.5. The zero-order chi connectivity index (χ0) is 18.0. The number of aromatic nitrogens is 2. The Morgan fingerprint density at radius 1 is 1.20 bits per heavy atom. The van der Waals surface area contributed by atoms with E-state index in [1.807, 2.05) is 31.4 Å². The molecule has 0 fully saturated rings. The molecular weight excluding hydrogens is 342 g/mol. The van der Waals surface area contributed by atoms with E-state index in [4.69, 9.17) is 0 Å². The Hall–Kier alpha value is -2.71. The molecule has 0 aliphatic carbocycles. The maximum absolute atomic E-state index is 12.4. The van der Waals surface area contributed by atoms with Gasteiger partial charge in [0.1, 0.15) is 0 Å². The topological polar surface area (TPSA) is 90.3 Å². The highest BCUT2D eigenvalue weighted by atomic mass is 32.2. The number of aryl methyl sites for hydroxylation is 1. The number of hydrogen-bond donors (Lipinski definition) is 1. The first kappa shape index (κ1) is 17.1. The third-order valence-corrected chi connectivity index (χ3v) is 5.16. The van der Waals surface area contributed by atoms with Crippen molar-refractivity contribution in [3.8, 4) is 0 Å². The Morgan fingerprint density at radius 3 is 2.60 bits per heavy atom. The van der Waals surface area contributed by atoms with E-state index in [0.29, 0.717) is 5.56 Å². The molecule has 0 amide bonds.